The van der Waals surface area contributed by atoms with Gasteiger partial charge in [-0.1, -0.05) is 0 Å². The molecule has 1 fully saturated rings. The van der Waals surface area contributed by atoms with Crippen LogP contribution in [0.4, 0.5) is 13.6 Å². The fourth-order valence-electron chi connectivity index (χ4n) is 1.23. The van der Waals surface area contributed by atoms with E-state index in [1.807, 2.05) is 0 Å². The van der Waals surface area contributed by atoms with Gasteiger partial charge in [0, 0.05) is 12.8 Å². The van der Waals surface area contributed by atoms with Crippen LogP contribution in [0.15, 0.2) is 0 Å². The summed E-state index contributed by atoms with van der Waals surface area (Å²) in [5.74, 6) is -2.90. The van der Waals surface area contributed by atoms with Crippen LogP contribution in [0.2, 0.25) is 0 Å². The summed E-state index contributed by atoms with van der Waals surface area (Å²) in [5.41, 5.74) is -1.57. The predicted octanol–water partition coefficient (Wildman–Crippen LogP) is 0.945. The molecule has 6 heteroatoms. The molecule has 1 aliphatic rings. The van der Waals surface area contributed by atoms with E-state index < -0.39 is 30.4 Å². The zero-order valence-electron chi connectivity index (χ0n) is 5.97. The first-order chi connectivity index (χ1) is 5.39. The number of nitrogens with zero attached hydrogens (tertiary/aromatic N) is 1. The van der Waals surface area contributed by atoms with Gasteiger partial charge in [0.25, 0.3) is 5.92 Å². The summed E-state index contributed by atoms with van der Waals surface area (Å²) >= 11 is 0. The van der Waals surface area contributed by atoms with Crippen LogP contribution in [0.3, 0.4) is 0 Å². The summed E-state index contributed by atoms with van der Waals surface area (Å²) in [6.07, 6.45) is -2.92. The number of hydrogen-bond acceptors (Lipinski definition) is 2. The first-order valence-corrected chi connectivity index (χ1v) is 3.19. The highest BCUT2D eigenvalue weighted by molar-refractivity contribution is 5.67. The number of carbonyl (C=O) groups is 1. The van der Waals surface area contributed by atoms with Crippen molar-refractivity contribution in [1.29, 1.82) is 5.26 Å². The molecule has 0 saturated heterocycles. The fourth-order valence-corrected chi connectivity index (χ4v) is 1.23. The molecular weight excluding hydrogens is 170 g/mol. The van der Waals surface area contributed by atoms with Gasteiger partial charge in [0.1, 0.15) is 5.54 Å². The highest BCUT2D eigenvalue weighted by Crippen LogP contribution is 2.45. The Morgan fingerprint density at radius 1 is 1.58 bits per heavy atom. The monoisotopic (exact) mass is 176 g/mol. The summed E-state index contributed by atoms with van der Waals surface area (Å²) in [7, 11) is 0. The molecule has 0 aromatic rings. The van der Waals surface area contributed by atoms with Crippen molar-refractivity contribution in [3.8, 4) is 6.07 Å². The number of halogens is 2. The molecule has 0 unspecified atom stereocenters. The maximum atomic E-state index is 12.3. The second-order valence-electron chi connectivity index (χ2n) is 2.83. The Morgan fingerprint density at radius 2 is 2.08 bits per heavy atom. The lowest BCUT2D eigenvalue weighted by Crippen LogP contribution is -2.61. The summed E-state index contributed by atoms with van der Waals surface area (Å²) in [4.78, 5) is 10.1. The lowest BCUT2D eigenvalue weighted by atomic mass is 9.74. The van der Waals surface area contributed by atoms with Crippen LogP contribution in [0.5, 0.6) is 0 Å². The molecule has 4 nitrogen and oxygen atoms in total. The molecule has 2 N–H and O–H groups in total. The van der Waals surface area contributed by atoms with Gasteiger partial charge in [0.05, 0.1) is 6.07 Å². The minimum absolute atomic E-state index is 0.733. The molecule has 1 aliphatic carbocycles. The molecule has 0 radical (unpaired) electrons. The smallest absolute Gasteiger partial charge is 0.405 e. The molecule has 0 aromatic carbocycles. The van der Waals surface area contributed by atoms with Gasteiger partial charge in [-0.05, 0) is 0 Å². The highest BCUT2D eigenvalue weighted by Gasteiger charge is 2.58. The molecule has 0 heterocycles. The summed E-state index contributed by atoms with van der Waals surface area (Å²) in [6, 6.07) is 1.53. The predicted molar refractivity (Wildman–Crippen MR) is 33.7 cm³/mol. The zero-order valence-corrected chi connectivity index (χ0v) is 5.97. The van der Waals surface area contributed by atoms with Crippen LogP contribution in [0, 0.1) is 11.3 Å². The van der Waals surface area contributed by atoms with Crippen molar-refractivity contribution in [2.75, 3.05) is 0 Å². The van der Waals surface area contributed by atoms with Crippen molar-refractivity contribution in [3.05, 3.63) is 0 Å². The van der Waals surface area contributed by atoms with Crippen molar-refractivity contribution in [3.63, 3.8) is 0 Å². The minimum atomic E-state index is -2.90. The lowest BCUT2D eigenvalue weighted by molar-refractivity contribution is -0.113. The number of alkyl halides is 2. The number of carboxylic acid groups (broad SMARTS) is 1. The third-order valence-corrected chi connectivity index (χ3v) is 1.68. The average Bonchev–Trinajstić information content (AvgIpc) is 1.81. The third-order valence-electron chi connectivity index (χ3n) is 1.68. The molecule has 0 aromatic heterocycles. The first kappa shape index (κ1) is 8.71. The number of nitrogens with one attached hydrogen (secondary N) is 1. The number of amides is 1. The van der Waals surface area contributed by atoms with Crippen molar-refractivity contribution in [1.82, 2.24) is 5.32 Å². The van der Waals surface area contributed by atoms with E-state index in [1.165, 1.54) is 6.07 Å². The SMILES string of the molecule is N#CC1(NC(=O)O)CC(F)(F)C1. The third kappa shape index (κ3) is 1.44. The van der Waals surface area contributed by atoms with E-state index in [9.17, 15) is 13.6 Å². The van der Waals surface area contributed by atoms with Crippen molar-refractivity contribution >= 4 is 6.09 Å². The van der Waals surface area contributed by atoms with Crippen molar-refractivity contribution in [2.24, 2.45) is 0 Å². The Balaban J connectivity index is 2.61. The van der Waals surface area contributed by atoms with E-state index in [2.05, 4.69) is 0 Å². The Bertz CT molecular complexity index is 251. The van der Waals surface area contributed by atoms with Gasteiger partial charge in [-0.25, -0.2) is 13.6 Å². The number of hydrogen-bond donors (Lipinski definition) is 2. The van der Waals surface area contributed by atoms with Gasteiger partial charge in [-0.3, -0.25) is 0 Å². The van der Waals surface area contributed by atoms with E-state index >= 15 is 0 Å². The molecule has 1 amide bonds. The first-order valence-electron chi connectivity index (χ1n) is 3.19. The van der Waals surface area contributed by atoms with E-state index in [1.54, 1.807) is 5.32 Å². The number of rotatable bonds is 1. The summed E-state index contributed by atoms with van der Waals surface area (Å²) in [5, 5.41) is 18.4. The maximum absolute atomic E-state index is 12.3. The Hall–Kier alpha value is -1.38. The topological polar surface area (TPSA) is 73.1 Å². The van der Waals surface area contributed by atoms with Crippen molar-refractivity contribution in [2.45, 2.75) is 24.3 Å². The van der Waals surface area contributed by atoms with Crippen LogP contribution >= 0.6 is 0 Å². The van der Waals surface area contributed by atoms with Gasteiger partial charge < -0.3 is 10.4 Å². The van der Waals surface area contributed by atoms with Crippen molar-refractivity contribution < 1.29 is 18.7 Å². The Morgan fingerprint density at radius 3 is 2.33 bits per heavy atom. The molecule has 1 rings (SSSR count). The molecule has 12 heavy (non-hydrogen) atoms. The molecule has 0 bridgehead atoms. The molecule has 1 saturated carbocycles. The van der Waals surface area contributed by atoms with E-state index in [4.69, 9.17) is 10.4 Å². The minimum Gasteiger partial charge on any atom is -0.465 e. The second-order valence-corrected chi connectivity index (χ2v) is 2.83. The Kier molecular flexibility index (Phi) is 1.67. The standard InChI is InChI=1S/C6H6F2N2O2/c7-6(8)1-5(2-6,3-9)10-4(11)12/h10H,1-2H2,(H,11,12). The quantitative estimate of drug-likeness (QED) is 0.624. The summed E-state index contributed by atoms with van der Waals surface area (Å²) < 4.78 is 24.6. The van der Waals surface area contributed by atoms with Crippen LogP contribution in [0.1, 0.15) is 12.8 Å². The van der Waals surface area contributed by atoms with Gasteiger partial charge in [-0.2, -0.15) is 5.26 Å². The summed E-state index contributed by atoms with van der Waals surface area (Å²) in [6.45, 7) is 0. The van der Waals surface area contributed by atoms with Crippen LogP contribution in [0.25, 0.3) is 0 Å². The van der Waals surface area contributed by atoms with Gasteiger partial charge >= 0.3 is 6.09 Å². The van der Waals surface area contributed by atoms with Crippen LogP contribution in [-0.2, 0) is 0 Å². The number of nitriles is 1. The van der Waals surface area contributed by atoms with Crippen LogP contribution < -0.4 is 5.32 Å². The fraction of sp³-hybridized carbons (Fsp3) is 0.667. The van der Waals surface area contributed by atoms with Gasteiger partial charge in [-0.15, -0.1) is 0 Å². The van der Waals surface area contributed by atoms with E-state index in [0.29, 0.717) is 0 Å². The van der Waals surface area contributed by atoms with Gasteiger partial charge in [0.2, 0.25) is 0 Å². The van der Waals surface area contributed by atoms with E-state index in [0.717, 1.165) is 0 Å². The Labute approximate surface area is 66.8 Å². The van der Waals surface area contributed by atoms with Gasteiger partial charge in [0.15, 0.2) is 0 Å². The molecule has 0 spiro atoms. The molecule has 0 atom stereocenters. The van der Waals surface area contributed by atoms with Crippen LogP contribution in [-0.4, -0.2) is 22.7 Å². The highest BCUT2D eigenvalue weighted by atomic mass is 19.3. The normalized spacial score (nSPS) is 23.4. The average molecular weight is 176 g/mol. The lowest BCUT2D eigenvalue weighted by Gasteiger charge is -2.41. The largest absolute Gasteiger partial charge is 0.465 e. The van der Waals surface area contributed by atoms with E-state index in [-0.39, 0.29) is 0 Å². The zero-order chi connectivity index (χ0) is 9.41. The molecule has 0 aliphatic heterocycles. The molecule has 66 valence electrons. The maximum Gasteiger partial charge on any atom is 0.405 e. The molecular formula is C6H6F2N2O2. The second kappa shape index (κ2) is 2.30.